The van der Waals surface area contributed by atoms with Crippen molar-refractivity contribution < 1.29 is 9.84 Å². The van der Waals surface area contributed by atoms with Gasteiger partial charge >= 0.3 is 0 Å². The maximum Gasteiger partial charge on any atom is 0.0869 e. The number of rotatable bonds is 3. The number of nitrogens with one attached hydrogen (secondary N) is 1. The fourth-order valence-electron chi connectivity index (χ4n) is 1.77. The van der Waals surface area contributed by atoms with Gasteiger partial charge in [0.15, 0.2) is 0 Å². The zero-order valence-electron chi connectivity index (χ0n) is 7.79. The molecular weight excluding hydrogens is 186 g/mol. The summed E-state index contributed by atoms with van der Waals surface area (Å²) in [5.41, 5.74) is -0.451. The van der Waals surface area contributed by atoms with E-state index >= 15 is 0 Å². The summed E-state index contributed by atoms with van der Waals surface area (Å²) in [4.78, 5) is 0. The Morgan fingerprint density at radius 2 is 2.54 bits per heavy atom. The van der Waals surface area contributed by atoms with Crippen molar-refractivity contribution in [3.05, 3.63) is 0 Å². The second-order valence-electron chi connectivity index (χ2n) is 3.97. The van der Waals surface area contributed by atoms with E-state index in [2.05, 4.69) is 5.32 Å². The predicted molar refractivity (Wildman–Crippen MR) is 54.1 cm³/mol. The van der Waals surface area contributed by atoms with Gasteiger partial charge in [0, 0.05) is 24.9 Å². The van der Waals surface area contributed by atoms with Crippen LogP contribution in [0.4, 0.5) is 0 Å². The third kappa shape index (κ3) is 2.59. The smallest absolute Gasteiger partial charge is 0.0869 e. The Hall–Kier alpha value is 0.230. The standard InChI is InChI=1S/C9H17NO2S/c11-9(2-4-13-7-9)6-10-8-1-3-12-5-8/h8,10-11H,1-7H2. The van der Waals surface area contributed by atoms with Crippen molar-refractivity contribution in [2.24, 2.45) is 0 Å². The maximum atomic E-state index is 10.0. The molecule has 0 aromatic rings. The molecule has 13 heavy (non-hydrogen) atoms. The van der Waals surface area contributed by atoms with Crippen LogP contribution in [-0.4, -0.2) is 48.0 Å². The molecule has 4 heteroatoms. The van der Waals surface area contributed by atoms with Crippen LogP contribution in [0.25, 0.3) is 0 Å². The molecule has 2 atom stereocenters. The molecule has 2 N–H and O–H groups in total. The van der Waals surface area contributed by atoms with Gasteiger partial charge in [0.1, 0.15) is 0 Å². The molecule has 0 aromatic heterocycles. The normalized spacial score (nSPS) is 39.9. The summed E-state index contributed by atoms with van der Waals surface area (Å²) >= 11 is 1.84. The van der Waals surface area contributed by atoms with Gasteiger partial charge in [-0.1, -0.05) is 0 Å². The van der Waals surface area contributed by atoms with Crippen LogP contribution in [0.1, 0.15) is 12.8 Å². The molecule has 0 aromatic carbocycles. The first-order valence-electron chi connectivity index (χ1n) is 4.90. The third-order valence-corrected chi connectivity index (χ3v) is 3.97. The van der Waals surface area contributed by atoms with E-state index in [1.807, 2.05) is 11.8 Å². The monoisotopic (exact) mass is 203 g/mol. The van der Waals surface area contributed by atoms with Crippen LogP contribution in [0.3, 0.4) is 0 Å². The van der Waals surface area contributed by atoms with E-state index in [0.717, 1.165) is 44.1 Å². The predicted octanol–water partition coefficient (Wildman–Crippen LogP) is 0.233. The number of hydrogen-bond donors (Lipinski definition) is 2. The van der Waals surface area contributed by atoms with Crippen molar-refractivity contribution >= 4 is 11.8 Å². The second-order valence-corrected chi connectivity index (χ2v) is 5.07. The van der Waals surface area contributed by atoms with Gasteiger partial charge in [0.05, 0.1) is 12.2 Å². The van der Waals surface area contributed by atoms with Gasteiger partial charge in [0.25, 0.3) is 0 Å². The summed E-state index contributed by atoms with van der Waals surface area (Å²) in [6.45, 7) is 2.40. The van der Waals surface area contributed by atoms with Gasteiger partial charge in [-0.2, -0.15) is 11.8 Å². The molecule has 2 heterocycles. The highest BCUT2D eigenvalue weighted by molar-refractivity contribution is 7.99. The fraction of sp³-hybridized carbons (Fsp3) is 1.00. The third-order valence-electron chi connectivity index (χ3n) is 2.73. The minimum absolute atomic E-state index is 0.451. The van der Waals surface area contributed by atoms with Crippen molar-refractivity contribution in [3.8, 4) is 0 Å². The van der Waals surface area contributed by atoms with Gasteiger partial charge in [0.2, 0.25) is 0 Å². The summed E-state index contributed by atoms with van der Waals surface area (Å²) in [6.07, 6.45) is 2.02. The lowest BCUT2D eigenvalue weighted by Gasteiger charge is -2.23. The van der Waals surface area contributed by atoms with E-state index in [-0.39, 0.29) is 0 Å². The fourth-order valence-corrected chi connectivity index (χ4v) is 3.06. The molecule has 0 aliphatic carbocycles. The Bertz CT molecular complexity index is 165. The second kappa shape index (κ2) is 4.17. The lowest BCUT2D eigenvalue weighted by molar-refractivity contribution is 0.0638. The number of ether oxygens (including phenoxy) is 1. The van der Waals surface area contributed by atoms with Crippen molar-refractivity contribution in [1.29, 1.82) is 0 Å². The minimum Gasteiger partial charge on any atom is -0.388 e. The first-order chi connectivity index (χ1) is 6.29. The molecule has 2 fully saturated rings. The highest BCUT2D eigenvalue weighted by Gasteiger charge is 2.32. The zero-order chi connectivity index (χ0) is 9.15. The van der Waals surface area contributed by atoms with Crippen molar-refractivity contribution in [1.82, 2.24) is 5.32 Å². The summed E-state index contributed by atoms with van der Waals surface area (Å²) < 4.78 is 5.26. The van der Waals surface area contributed by atoms with Crippen LogP contribution < -0.4 is 5.32 Å². The molecule has 2 unspecified atom stereocenters. The molecule has 0 bridgehead atoms. The molecule has 76 valence electrons. The topological polar surface area (TPSA) is 41.5 Å². The molecule has 0 saturated carbocycles. The van der Waals surface area contributed by atoms with Crippen molar-refractivity contribution in [2.75, 3.05) is 31.3 Å². The van der Waals surface area contributed by atoms with Crippen molar-refractivity contribution in [2.45, 2.75) is 24.5 Å². The van der Waals surface area contributed by atoms with E-state index in [1.54, 1.807) is 0 Å². The van der Waals surface area contributed by atoms with Crippen LogP contribution in [-0.2, 0) is 4.74 Å². The number of thioether (sulfide) groups is 1. The summed E-state index contributed by atoms with van der Waals surface area (Å²) in [5, 5.41) is 13.4. The van der Waals surface area contributed by atoms with Gasteiger partial charge in [-0.05, 0) is 18.6 Å². The van der Waals surface area contributed by atoms with Crippen molar-refractivity contribution in [3.63, 3.8) is 0 Å². The maximum absolute atomic E-state index is 10.0. The first-order valence-corrected chi connectivity index (χ1v) is 6.05. The van der Waals surface area contributed by atoms with Crippen LogP contribution in [0.2, 0.25) is 0 Å². The van der Waals surface area contributed by atoms with Crippen LogP contribution in [0.15, 0.2) is 0 Å². The van der Waals surface area contributed by atoms with Gasteiger partial charge in [-0.25, -0.2) is 0 Å². The molecule has 0 radical (unpaired) electrons. The van der Waals surface area contributed by atoms with Crippen LogP contribution in [0, 0.1) is 0 Å². The molecule has 0 amide bonds. The van der Waals surface area contributed by atoms with E-state index in [0.29, 0.717) is 6.04 Å². The summed E-state index contributed by atoms with van der Waals surface area (Å²) in [7, 11) is 0. The average Bonchev–Trinajstić information content (AvgIpc) is 2.72. The highest BCUT2D eigenvalue weighted by atomic mass is 32.2. The Kier molecular flexibility index (Phi) is 3.14. The molecule has 2 aliphatic rings. The van der Waals surface area contributed by atoms with E-state index in [1.165, 1.54) is 0 Å². The van der Waals surface area contributed by atoms with E-state index < -0.39 is 5.60 Å². The minimum atomic E-state index is -0.451. The lowest BCUT2D eigenvalue weighted by atomic mass is 10.0. The van der Waals surface area contributed by atoms with Crippen LogP contribution >= 0.6 is 11.8 Å². The average molecular weight is 203 g/mol. The number of hydrogen-bond acceptors (Lipinski definition) is 4. The first kappa shape index (κ1) is 9.77. The van der Waals surface area contributed by atoms with Gasteiger partial charge in [-0.3, -0.25) is 0 Å². The largest absolute Gasteiger partial charge is 0.388 e. The molecular formula is C9H17NO2S. The van der Waals surface area contributed by atoms with Crippen LogP contribution in [0.5, 0.6) is 0 Å². The Morgan fingerprint density at radius 3 is 3.15 bits per heavy atom. The van der Waals surface area contributed by atoms with E-state index in [9.17, 15) is 5.11 Å². The molecule has 0 spiro atoms. The van der Waals surface area contributed by atoms with E-state index in [4.69, 9.17) is 4.74 Å². The molecule has 2 saturated heterocycles. The lowest BCUT2D eigenvalue weighted by Crippen LogP contribution is -2.44. The summed E-state index contributed by atoms with van der Waals surface area (Å²) in [6, 6.07) is 0.467. The molecule has 3 nitrogen and oxygen atoms in total. The Labute approximate surface area is 83.2 Å². The molecule has 2 aliphatic heterocycles. The summed E-state index contributed by atoms with van der Waals surface area (Å²) in [5.74, 6) is 1.98. The Morgan fingerprint density at radius 1 is 1.62 bits per heavy atom. The zero-order valence-corrected chi connectivity index (χ0v) is 8.61. The highest BCUT2D eigenvalue weighted by Crippen LogP contribution is 2.27. The quantitative estimate of drug-likeness (QED) is 0.689. The van der Waals surface area contributed by atoms with Gasteiger partial charge < -0.3 is 15.2 Å². The number of aliphatic hydroxyl groups is 1. The SMILES string of the molecule is OC1(CNC2CCOC2)CCSC1. The Balaban J connectivity index is 1.71. The van der Waals surface area contributed by atoms with Gasteiger partial charge in [-0.15, -0.1) is 0 Å². The molecule has 2 rings (SSSR count).